The molecule has 1 aromatic rings. The zero-order valence-electron chi connectivity index (χ0n) is 11.3. The monoisotopic (exact) mass is 263 g/mol. The Kier molecular flexibility index (Phi) is 4.50. The second-order valence-corrected chi connectivity index (χ2v) is 5.34. The molecule has 0 saturated carbocycles. The fourth-order valence-corrected chi connectivity index (χ4v) is 2.67. The van der Waals surface area contributed by atoms with Crippen molar-refractivity contribution in [3.63, 3.8) is 0 Å². The minimum atomic E-state index is -0.302. The van der Waals surface area contributed by atoms with E-state index in [0.29, 0.717) is 5.92 Å². The standard InChI is InChI=1S/C14H21N3O2/c1-11(15)13-7-9-16(10-13)8-6-12-4-2-3-5-14(12)17(18)19/h2-5,11,13H,6-10,15H2,1H3. The fraction of sp³-hybridized carbons (Fsp3) is 0.571. The second kappa shape index (κ2) is 6.12. The molecule has 0 bridgehead atoms. The van der Waals surface area contributed by atoms with Gasteiger partial charge in [-0.05, 0) is 32.2 Å². The van der Waals surface area contributed by atoms with E-state index in [1.54, 1.807) is 12.1 Å². The summed E-state index contributed by atoms with van der Waals surface area (Å²) < 4.78 is 0. The second-order valence-electron chi connectivity index (χ2n) is 5.34. The van der Waals surface area contributed by atoms with E-state index in [-0.39, 0.29) is 16.7 Å². The minimum Gasteiger partial charge on any atom is -0.328 e. The number of likely N-dealkylation sites (tertiary alicyclic amines) is 1. The number of nitrogens with zero attached hydrogens (tertiary/aromatic N) is 2. The largest absolute Gasteiger partial charge is 0.328 e. The van der Waals surface area contributed by atoms with Gasteiger partial charge in [0.25, 0.3) is 5.69 Å². The molecule has 2 atom stereocenters. The van der Waals surface area contributed by atoms with Gasteiger partial charge in [0, 0.05) is 30.8 Å². The molecule has 1 aliphatic heterocycles. The molecular formula is C14H21N3O2. The molecule has 1 heterocycles. The molecule has 5 nitrogen and oxygen atoms in total. The maximum Gasteiger partial charge on any atom is 0.272 e. The summed E-state index contributed by atoms with van der Waals surface area (Å²) in [5, 5.41) is 10.9. The van der Waals surface area contributed by atoms with Crippen LogP contribution in [0.1, 0.15) is 18.9 Å². The molecule has 19 heavy (non-hydrogen) atoms. The number of nitrogens with two attached hydrogens (primary N) is 1. The first-order chi connectivity index (χ1) is 9.08. The lowest BCUT2D eigenvalue weighted by molar-refractivity contribution is -0.385. The maximum absolute atomic E-state index is 10.9. The molecule has 1 saturated heterocycles. The van der Waals surface area contributed by atoms with Crippen LogP contribution in [0.5, 0.6) is 0 Å². The minimum absolute atomic E-state index is 0.227. The Morgan fingerprint density at radius 2 is 2.26 bits per heavy atom. The summed E-state index contributed by atoms with van der Waals surface area (Å²) in [5.41, 5.74) is 6.96. The number of hydrogen-bond donors (Lipinski definition) is 1. The van der Waals surface area contributed by atoms with Gasteiger partial charge >= 0.3 is 0 Å². The molecular weight excluding hydrogens is 242 g/mol. The highest BCUT2D eigenvalue weighted by Gasteiger charge is 2.25. The number of hydrogen-bond acceptors (Lipinski definition) is 4. The lowest BCUT2D eigenvalue weighted by Gasteiger charge is -2.17. The topological polar surface area (TPSA) is 72.4 Å². The molecule has 0 amide bonds. The first-order valence-corrected chi connectivity index (χ1v) is 6.78. The Bertz CT molecular complexity index is 448. The van der Waals surface area contributed by atoms with Crippen molar-refractivity contribution in [2.24, 2.45) is 11.7 Å². The quantitative estimate of drug-likeness (QED) is 0.649. The number of nitro benzene ring substituents is 1. The van der Waals surface area contributed by atoms with E-state index >= 15 is 0 Å². The van der Waals surface area contributed by atoms with Crippen molar-refractivity contribution in [2.45, 2.75) is 25.8 Å². The molecule has 5 heteroatoms. The van der Waals surface area contributed by atoms with E-state index in [1.165, 1.54) is 0 Å². The van der Waals surface area contributed by atoms with Crippen LogP contribution in [0, 0.1) is 16.0 Å². The fourth-order valence-electron chi connectivity index (χ4n) is 2.67. The van der Waals surface area contributed by atoms with Gasteiger partial charge in [-0.3, -0.25) is 10.1 Å². The van der Waals surface area contributed by atoms with E-state index < -0.39 is 0 Å². The molecule has 0 aliphatic carbocycles. The van der Waals surface area contributed by atoms with Gasteiger partial charge in [0.2, 0.25) is 0 Å². The van der Waals surface area contributed by atoms with Crippen LogP contribution in [0.15, 0.2) is 24.3 Å². The van der Waals surface area contributed by atoms with Gasteiger partial charge in [-0.2, -0.15) is 0 Å². The molecule has 0 spiro atoms. The molecule has 2 N–H and O–H groups in total. The van der Waals surface area contributed by atoms with Crippen LogP contribution in [0.2, 0.25) is 0 Å². The summed E-state index contributed by atoms with van der Waals surface area (Å²) in [7, 11) is 0. The molecule has 2 unspecified atom stereocenters. The third-order valence-corrected chi connectivity index (χ3v) is 3.94. The van der Waals surface area contributed by atoms with Gasteiger partial charge in [0.15, 0.2) is 0 Å². The zero-order valence-corrected chi connectivity index (χ0v) is 11.3. The van der Waals surface area contributed by atoms with Crippen molar-refractivity contribution >= 4 is 5.69 Å². The Balaban J connectivity index is 1.91. The van der Waals surface area contributed by atoms with E-state index in [9.17, 15) is 10.1 Å². The van der Waals surface area contributed by atoms with Crippen molar-refractivity contribution in [3.8, 4) is 0 Å². The predicted octanol–water partition coefficient (Wildman–Crippen LogP) is 1.81. The van der Waals surface area contributed by atoms with Crippen LogP contribution >= 0.6 is 0 Å². The molecule has 2 rings (SSSR count). The third kappa shape index (κ3) is 3.52. The normalized spacial score (nSPS) is 21.5. The summed E-state index contributed by atoms with van der Waals surface area (Å²) >= 11 is 0. The predicted molar refractivity (Wildman–Crippen MR) is 75.0 cm³/mol. The molecule has 1 fully saturated rings. The first-order valence-electron chi connectivity index (χ1n) is 6.78. The molecule has 0 radical (unpaired) electrons. The van der Waals surface area contributed by atoms with E-state index in [4.69, 9.17) is 5.73 Å². The summed E-state index contributed by atoms with van der Waals surface area (Å²) in [6, 6.07) is 7.22. The number of para-hydroxylation sites is 1. The Hall–Kier alpha value is -1.46. The Morgan fingerprint density at radius 3 is 2.89 bits per heavy atom. The SMILES string of the molecule is CC(N)C1CCN(CCc2ccccc2[N+](=O)[O-])C1. The highest BCUT2D eigenvalue weighted by Crippen LogP contribution is 2.21. The number of rotatable bonds is 5. The van der Waals surface area contributed by atoms with Crippen LogP contribution < -0.4 is 5.73 Å². The van der Waals surface area contributed by atoms with E-state index in [1.807, 2.05) is 12.1 Å². The van der Waals surface area contributed by atoms with Crippen LogP contribution in [0.25, 0.3) is 0 Å². The smallest absolute Gasteiger partial charge is 0.272 e. The van der Waals surface area contributed by atoms with E-state index in [2.05, 4.69) is 11.8 Å². The third-order valence-electron chi connectivity index (χ3n) is 3.94. The Morgan fingerprint density at radius 1 is 1.53 bits per heavy atom. The lowest BCUT2D eigenvalue weighted by atomic mass is 10.0. The Labute approximate surface area is 113 Å². The van der Waals surface area contributed by atoms with E-state index in [0.717, 1.165) is 38.0 Å². The number of nitro groups is 1. The number of benzene rings is 1. The van der Waals surface area contributed by atoms with Crippen molar-refractivity contribution in [2.75, 3.05) is 19.6 Å². The van der Waals surface area contributed by atoms with Crippen LogP contribution in [0.4, 0.5) is 5.69 Å². The molecule has 1 aromatic carbocycles. The molecule has 0 aromatic heterocycles. The summed E-state index contributed by atoms with van der Waals surface area (Å²) in [5.74, 6) is 0.561. The summed E-state index contributed by atoms with van der Waals surface area (Å²) in [6.45, 7) is 4.98. The highest BCUT2D eigenvalue weighted by atomic mass is 16.6. The lowest BCUT2D eigenvalue weighted by Crippen LogP contribution is -2.30. The molecule has 104 valence electrons. The highest BCUT2D eigenvalue weighted by molar-refractivity contribution is 5.39. The zero-order chi connectivity index (χ0) is 13.8. The first kappa shape index (κ1) is 14.0. The average molecular weight is 263 g/mol. The van der Waals surface area contributed by atoms with Gasteiger partial charge in [-0.15, -0.1) is 0 Å². The summed E-state index contributed by atoms with van der Waals surface area (Å²) in [6.07, 6.45) is 1.86. The van der Waals surface area contributed by atoms with Crippen molar-refractivity contribution in [1.82, 2.24) is 4.90 Å². The van der Waals surface area contributed by atoms with Gasteiger partial charge in [-0.25, -0.2) is 0 Å². The van der Waals surface area contributed by atoms with Crippen LogP contribution in [-0.2, 0) is 6.42 Å². The van der Waals surface area contributed by atoms with Gasteiger partial charge in [-0.1, -0.05) is 18.2 Å². The summed E-state index contributed by atoms with van der Waals surface area (Å²) in [4.78, 5) is 13.0. The van der Waals surface area contributed by atoms with Crippen molar-refractivity contribution < 1.29 is 4.92 Å². The average Bonchev–Trinajstić information content (AvgIpc) is 2.85. The maximum atomic E-state index is 10.9. The van der Waals surface area contributed by atoms with Crippen molar-refractivity contribution in [3.05, 3.63) is 39.9 Å². The van der Waals surface area contributed by atoms with Crippen LogP contribution in [0.3, 0.4) is 0 Å². The van der Waals surface area contributed by atoms with Gasteiger partial charge < -0.3 is 10.6 Å². The van der Waals surface area contributed by atoms with Crippen LogP contribution in [-0.4, -0.2) is 35.5 Å². The molecule has 1 aliphatic rings. The van der Waals surface area contributed by atoms with Gasteiger partial charge in [0.05, 0.1) is 4.92 Å². The van der Waals surface area contributed by atoms with Crippen molar-refractivity contribution in [1.29, 1.82) is 0 Å². The van der Waals surface area contributed by atoms with Gasteiger partial charge in [0.1, 0.15) is 0 Å².